The minimum Gasteiger partial charge on any atom is -0.492 e. The predicted octanol–water partition coefficient (Wildman–Crippen LogP) is 3.28. The number of guanidine groups is 1. The molecule has 6 nitrogen and oxygen atoms in total. The number of ether oxygens (including phenoxy) is 1. The highest BCUT2D eigenvalue weighted by molar-refractivity contribution is 14.0. The van der Waals surface area contributed by atoms with Crippen molar-refractivity contribution in [2.24, 2.45) is 4.99 Å². The van der Waals surface area contributed by atoms with Crippen molar-refractivity contribution in [2.45, 2.75) is 13.3 Å². The largest absolute Gasteiger partial charge is 0.492 e. The van der Waals surface area contributed by atoms with Crippen LogP contribution in [-0.4, -0.2) is 38.6 Å². The average molecular weight is 480 g/mol. The molecule has 0 atom stereocenters. The number of anilines is 2. The number of aliphatic imine (C=N–C) groups is 1. The van der Waals surface area contributed by atoms with E-state index in [2.05, 4.69) is 44.8 Å². The normalized spacial score (nSPS) is 12.8. The molecule has 0 aliphatic carbocycles. The number of halogens is 1. The fraction of sp³-hybridized carbons (Fsp3) is 0.300. The lowest BCUT2D eigenvalue weighted by molar-refractivity contribution is -0.114. The van der Waals surface area contributed by atoms with E-state index in [0.29, 0.717) is 13.2 Å². The predicted molar refractivity (Wildman–Crippen MR) is 121 cm³/mol. The number of carbonyl (C=O) groups excluding carboxylic acids is 1. The number of para-hydroxylation sites is 1. The first-order valence-corrected chi connectivity index (χ1v) is 8.74. The second-order valence-corrected chi connectivity index (χ2v) is 6.06. The zero-order valence-electron chi connectivity index (χ0n) is 15.6. The number of rotatable bonds is 5. The molecule has 27 heavy (non-hydrogen) atoms. The molecule has 2 aromatic rings. The van der Waals surface area contributed by atoms with Crippen molar-refractivity contribution in [2.75, 3.05) is 37.0 Å². The van der Waals surface area contributed by atoms with Crippen molar-refractivity contribution in [3.63, 3.8) is 0 Å². The SMILES string of the molecule is CN=C(NCCOc1cccc(NC(C)=O)c1)N1CCc2ccccc21.I. The summed E-state index contributed by atoms with van der Waals surface area (Å²) in [4.78, 5) is 17.7. The van der Waals surface area contributed by atoms with Gasteiger partial charge in [0.1, 0.15) is 12.4 Å². The molecule has 0 unspecified atom stereocenters. The summed E-state index contributed by atoms with van der Waals surface area (Å²) in [5.74, 6) is 1.48. The number of nitrogens with zero attached hydrogens (tertiary/aromatic N) is 2. The standard InChI is InChI=1S/C20H24N4O2.HI/c1-15(25)23-17-7-5-8-18(14-17)26-13-11-22-20(21-2)24-12-10-16-6-3-4-9-19(16)24;/h3-9,14H,10-13H2,1-2H3,(H,21,22)(H,23,25);1H. The number of hydrogen-bond donors (Lipinski definition) is 2. The van der Waals surface area contributed by atoms with Crippen LogP contribution in [0, 0.1) is 0 Å². The zero-order chi connectivity index (χ0) is 18.4. The van der Waals surface area contributed by atoms with Crippen LogP contribution >= 0.6 is 24.0 Å². The highest BCUT2D eigenvalue weighted by atomic mass is 127. The van der Waals surface area contributed by atoms with Crippen LogP contribution in [0.25, 0.3) is 0 Å². The van der Waals surface area contributed by atoms with E-state index in [0.717, 1.165) is 30.4 Å². The van der Waals surface area contributed by atoms with Crippen molar-refractivity contribution in [1.29, 1.82) is 0 Å². The quantitative estimate of drug-likeness (QED) is 0.299. The van der Waals surface area contributed by atoms with E-state index in [1.165, 1.54) is 18.2 Å². The van der Waals surface area contributed by atoms with Gasteiger partial charge < -0.3 is 20.3 Å². The van der Waals surface area contributed by atoms with E-state index >= 15 is 0 Å². The molecule has 0 saturated heterocycles. The molecule has 3 rings (SSSR count). The Morgan fingerprint density at radius 3 is 2.81 bits per heavy atom. The van der Waals surface area contributed by atoms with E-state index < -0.39 is 0 Å². The van der Waals surface area contributed by atoms with Crippen molar-refractivity contribution in [1.82, 2.24) is 5.32 Å². The molecule has 0 radical (unpaired) electrons. The van der Waals surface area contributed by atoms with Crippen LogP contribution in [0.2, 0.25) is 0 Å². The summed E-state index contributed by atoms with van der Waals surface area (Å²) >= 11 is 0. The molecule has 0 bridgehead atoms. The van der Waals surface area contributed by atoms with Crippen LogP contribution in [0.1, 0.15) is 12.5 Å². The monoisotopic (exact) mass is 480 g/mol. The van der Waals surface area contributed by atoms with Crippen LogP contribution in [0.15, 0.2) is 53.5 Å². The van der Waals surface area contributed by atoms with E-state index in [1.54, 1.807) is 7.05 Å². The Bertz CT molecular complexity index is 810. The third kappa shape index (κ3) is 5.59. The van der Waals surface area contributed by atoms with Gasteiger partial charge in [0.05, 0.1) is 6.54 Å². The van der Waals surface area contributed by atoms with Crippen molar-refractivity contribution in [3.8, 4) is 5.75 Å². The number of fused-ring (bicyclic) bond motifs is 1. The Labute approximate surface area is 177 Å². The van der Waals surface area contributed by atoms with E-state index in [9.17, 15) is 4.79 Å². The van der Waals surface area contributed by atoms with E-state index in [4.69, 9.17) is 4.74 Å². The van der Waals surface area contributed by atoms with Crippen LogP contribution in [0.3, 0.4) is 0 Å². The van der Waals surface area contributed by atoms with Gasteiger partial charge >= 0.3 is 0 Å². The summed E-state index contributed by atoms with van der Waals surface area (Å²) in [6.45, 7) is 3.55. The Balaban J connectivity index is 0.00000261. The Morgan fingerprint density at radius 1 is 1.22 bits per heavy atom. The highest BCUT2D eigenvalue weighted by Crippen LogP contribution is 2.27. The number of carbonyl (C=O) groups is 1. The maximum absolute atomic E-state index is 11.1. The maximum atomic E-state index is 11.1. The minimum atomic E-state index is -0.0986. The summed E-state index contributed by atoms with van der Waals surface area (Å²) in [7, 11) is 1.79. The molecule has 7 heteroatoms. The third-order valence-corrected chi connectivity index (χ3v) is 4.16. The van der Waals surface area contributed by atoms with Gasteiger partial charge in [-0.1, -0.05) is 24.3 Å². The Hall–Kier alpha value is -2.29. The third-order valence-electron chi connectivity index (χ3n) is 4.16. The Morgan fingerprint density at radius 2 is 2.04 bits per heavy atom. The number of hydrogen-bond acceptors (Lipinski definition) is 3. The smallest absolute Gasteiger partial charge is 0.221 e. The fourth-order valence-corrected chi connectivity index (χ4v) is 3.05. The fourth-order valence-electron chi connectivity index (χ4n) is 3.05. The second-order valence-electron chi connectivity index (χ2n) is 6.06. The van der Waals surface area contributed by atoms with Gasteiger partial charge in [-0.2, -0.15) is 0 Å². The van der Waals surface area contributed by atoms with Crippen LogP contribution in [0.5, 0.6) is 5.75 Å². The summed E-state index contributed by atoms with van der Waals surface area (Å²) in [6, 6.07) is 15.8. The van der Waals surface area contributed by atoms with Gasteiger partial charge in [-0.15, -0.1) is 24.0 Å². The number of nitrogens with one attached hydrogen (secondary N) is 2. The molecule has 1 aliphatic rings. The number of amides is 1. The van der Waals surface area contributed by atoms with Gasteiger partial charge in [-0.3, -0.25) is 9.79 Å². The Kier molecular flexibility index (Phi) is 7.90. The van der Waals surface area contributed by atoms with Crippen LogP contribution < -0.4 is 20.3 Å². The lowest BCUT2D eigenvalue weighted by atomic mass is 10.2. The summed E-state index contributed by atoms with van der Waals surface area (Å²) in [5.41, 5.74) is 3.29. The molecule has 2 aromatic carbocycles. The van der Waals surface area contributed by atoms with Gasteiger partial charge in [-0.25, -0.2) is 0 Å². The summed E-state index contributed by atoms with van der Waals surface area (Å²) < 4.78 is 5.77. The average Bonchev–Trinajstić information content (AvgIpc) is 3.06. The molecule has 0 spiro atoms. The molecule has 0 aromatic heterocycles. The topological polar surface area (TPSA) is 66.0 Å². The van der Waals surface area contributed by atoms with Gasteiger partial charge in [0, 0.05) is 38.0 Å². The molecule has 144 valence electrons. The first-order chi connectivity index (χ1) is 12.7. The van der Waals surface area contributed by atoms with Crippen LogP contribution in [0.4, 0.5) is 11.4 Å². The molecule has 1 aliphatic heterocycles. The summed E-state index contributed by atoms with van der Waals surface area (Å²) in [5, 5.41) is 6.10. The molecular weight excluding hydrogens is 455 g/mol. The lowest BCUT2D eigenvalue weighted by Crippen LogP contribution is -2.42. The summed E-state index contributed by atoms with van der Waals surface area (Å²) in [6.07, 6.45) is 1.03. The maximum Gasteiger partial charge on any atom is 0.221 e. The van der Waals surface area contributed by atoms with Gasteiger partial charge in [0.25, 0.3) is 0 Å². The lowest BCUT2D eigenvalue weighted by Gasteiger charge is -2.22. The molecule has 0 saturated carbocycles. The number of benzene rings is 2. The van der Waals surface area contributed by atoms with Crippen molar-refractivity contribution >= 4 is 47.2 Å². The van der Waals surface area contributed by atoms with Crippen molar-refractivity contribution < 1.29 is 9.53 Å². The molecular formula is C20H25IN4O2. The minimum absolute atomic E-state index is 0. The molecule has 1 heterocycles. The molecule has 2 N–H and O–H groups in total. The van der Waals surface area contributed by atoms with E-state index in [-0.39, 0.29) is 29.9 Å². The van der Waals surface area contributed by atoms with Crippen LogP contribution in [-0.2, 0) is 11.2 Å². The first kappa shape index (κ1) is 21.0. The van der Waals surface area contributed by atoms with Crippen molar-refractivity contribution in [3.05, 3.63) is 54.1 Å². The molecule has 1 amide bonds. The van der Waals surface area contributed by atoms with Gasteiger partial charge in [0.15, 0.2) is 5.96 Å². The first-order valence-electron chi connectivity index (χ1n) is 8.74. The van der Waals surface area contributed by atoms with Gasteiger partial charge in [-0.05, 0) is 30.2 Å². The van der Waals surface area contributed by atoms with Gasteiger partial charge in [0.2, 0.25) is 5.91 Å². The zero-order valence-corrected chi connectivity index (χ0v) is 17.9. The highest BCUT2D eigenvalue weighted by Gasteiger charge is 2.22. The molecule has 0 fully saturated rings. The second kappa shape index (κ2) is 10.1. The van der Waals surface area contributed by atoms with E-state index in [1.807, 2.05) is 24.3 Å².